The molecule has 0 fully saturated rings. The van der Waals surface area contributed by atoms with Crippen LogP contribution in [0.3, 0.4) is 0 Å². The molecular weight excluding hydrogens is 236 g/mol. The first-order valence-corrected chi connectivity index (χ1v) is 6.20. The molecule has 4 N–H and O–H groups in total. The molecule has 0 aliphatic carbocycles. The fraction of sp³-hybridized carbons (Fsp3) is 0.273. The van der Waals surface area contributed by atoms with Gasteiger partial charge in [-0.2, -0.15) is 0 Å². The Morgan fingerprint density at radius 1 is 1.65 bits per heavy atom. The molecule has 6 heteroatoms. The van der Waals surface area contributed by atoms with Gasteiger partial charge in [0.25, 0.3) is 0 Å². The van der Waals surface area contributed by atoms with Crippen molar-refractivity contribution in [3.05, 3.63) is 40.6 Å². The molecule has 1 atom stereocenters. The van der Waals surface area contributed by atoms with E-state index in [1.807, 2.05) is 17.5 Å². The number of imidazole rings is 1. The summed E-state index contributed by atoms with van der Waals surface area (Å²) in [7, 11) is 0. The summed E-state index contributed by atoms with van der Waals surface area (Å²) in [5.41, 5.74) is 5.82. The molecule has 0 bridgehead atoms. The Labute approximate surface area is 103 Å². The minimum absolute atomic E-state index is 0.154. The molecule has 0 spiro atoms. The van der Waals surface area contributed by atoms with Crippen LogP contribution in [0.15, 0.2) is 29.9 Å². The third-order valence-electron chi connectivity index (χ3n) is 2.35. The van der Waals surface area contributed by atoms with Crippen molar-refractivity contribution in [2.45, 2.75) is 12.5 Å². The maximum absolute atomic E-state index is 11.7. The molecule has 17 heavy (non-hydrogen) atoms. The van der Waals surface area contributed by atoms with Crippen molar-refractivity contribution < 1.29 is 4.79 Å². The van der Waals surface area contributed by atoms with Crippen LogP contribution in [0.25, 0.3) is 0 Å². The van der Waals surface area contributed by atoms with Crippen molar-refractivity contribution in [1.82, 2.24) is 15.3 Å². The Bertz CT molecular complexity index is 452. The van der Waals surface area contributed by atoms with Crippen LogP contribution in [-0.2, 0) is 11.2 Å². The highest BCUT2D eigenvalue weighted by Crippen LogP contribution is 2.16. The van der Waals surface area contributed by atoms with Gasteiger partial charge in [0.05, 0.1) is 0 Å². The summed E-state index contributed by atoms with van der Waals surface area (Å²) in [6, 6.07) is 3.17. The predicted molar refractivity (Wildman–Crippen MR) is 66.5 cm³/mol. The maximum atomic E-state index is 11.7. The first-order valence-electron chi connectivity index (χ1n) is 5.32. The van der Waals surface area contributed by atoms with Gasteiger partial charge in [0.1, 0.15) is 11.9 Å². The summed E-state index contributed by atoms with van der Waals surface area (Å²) >= 11 is 1.49. The Balaban J connectivity index is 1.77. The molecule has 1 amide bonds. The number of nitrogens with zero attached hydrogens (tertiary/aromatic N) is 1. The third kappa shape index (κ3) is 3.15. The van der Waals surface area contributed by atoms with Gasteiger partial charge in [0.15, 0.2) is 0 Å². The number of hydrogen-bond donors (Lipinski definition) is 3. The Kier molecular flexibility index (Phi) is 3.89. The van der Waals surface area contributed by atoms with Crippen LogP contribution in [0.5, 0.6) is 0 Å². The summed E-state index contributed by atoms with van der Waals surface area (Å²) in [5, 5.41) is 4.70. The summed E-state index contributed by atoms with van der Waals surface area (Å²) in [4.78, 5) is 19.6. The van der Waals surface area contributed by atoms with Gasteiger partial charge in [-0.25, -0.2) is 4.98 Å². The average molecular weight is 250 g/mol. The van der Waals surface area contributed by atoms with Crippen LogP contribution in [0.2, 0.25) is 0 Å². The zero-order valence-corrected chi connectivity index (χ0v) is 10.0. The molecule has 0 aliphatic rings. The monoisotopic (exact) mass is 250 g/mol. The van der Waals surface area contributed by atoms with Crippen LogP contribution in [-0.4, -0.2) is 22.4 Å². The molecule has 2 aromatic heterocycles. The molecule has 2 aromatic rings. The molecule has 0 aromatic carbocycles. The normalized spacial score (nSPS) is 12.3. The quantitative estimate of drug-likeness (QED) is 0.735. The minimum Gasteiger partial charge on any atom is -0.354 e. The van der Waals surface area contributed by atoms with E-state index < -0.39 is 6.04 Å². The maximum Gasteiger partial charge on any atom is 0.242 e. The molecular formula is C11H14N4OS. The Hall–Kier alpha value is -1.66. The van der Waals surface area contributed by atoms with Gasteiger partial charge >= 0.3 is 0 Å². The lowest BCUT2D eigenvalue weighted by Crippen LogP contribution is -2.34. The largest absolute Gasteiger partial charge is 0.354 e. The highest BCUT2D eigenvalue weighted by atomic mass is 32.1. The van der Waals surface area contributed by atoms with E-state index in [0.29, 0.717) is 13.0 Å². The van der Waals surface area contributed by atoms with Crippen molar-refractivity contribution in [2.24, 2.45) is 5.73 Å². The summed E-state index contributed by atoms with van der Waals surface area (Å²) in [6.45, 7) is 0.533. The lowest BCUT2D eigenvalue weighted by Gasteiger charge is -2.09. The van der Waals surface area contributed by atoms with Crippen molar-refractivity contribution in [3.63, 3.8) is 0 Å². The number of nitrogens with two attached hydrogens (primary N) is 1. The second kappa shape index (κ2) is 5.60. The zero-order valence-electron chi connectivity index (χ0n) is 9.22. The van der Waals surface area contributed by atoms with E-state index in [1.54, 1.807) is 12.4 Å². The van der Waals surface area contributed by atoms with Crippen molar-refractivity contribution >= 4 is 17.2 Å². The van der Waals surface area contributed by atoms with Crippen molar-refractivity contribution in [3.8, 4) is 0 Å². The summed E-state index contributed by atoms with van der Waals surface area (Å²) < 4.78 is 0. The molecule has 5 nitrogen and oxygen atoms in total. The minimum atomic E-state index is -0.577. The third-order valence-corrected chi connectivity index (χ3v) is 3.30. The molecule has 1 unspecified atom stereocenters. The first kappa shape index (κ1) is 11.8. The highest BCUT2D eigenvalue weighted by Gasteiger charge is 2.15. The first-order chi connectivity index (χ1) is 8.27. The second-order valence-corrected chi connectivity index (χ2v) is 4.55. The molecule has 0 aliphatic heterocycles. The highest BCUT2D eigenvalue weighted by molar-refractivity contribution is 7.10. The van der Waals surface area contributed by atoms with E-state index in [-0.39, 0.29) is 5.91 Å². The van der Waals surface area contributed by atoms with Gasteiger partial charge in [-0.15, -0.1) is 11.3 Å². The lowest BCUT2D eigenvalue weighted by molar-refractivity contribution is -0.122. The number of aromatic nitrogens is 2. The Morgan fingerprint density at radius 2 is 2.53 bits per heavy atom. The fourth-order valence-electron chi connectivity index (χ4n) is 1.45. The van der Waals surface area contributed by atoms with E-state index in [2.05, 4.69) is 15.3 Å². The number of hydrogen-bond acceptors (Lipinski definition) is 4. The Morgan fingerprint density at radius 3 is 3.18 bits per heavy atom. The molecule has 0 saturated heterocycles. The number of H-pyrrole nitrogens is 1. The van der Waals surface area contributed by atoms with Crippen LogP contribution >= 0.6 is 11.3 Å². The van der Waals surface area contributed by atoms with Crippen molar-refractivity contribution in [1.29, 1.82) is 0 Å². The van der Waals surface area contributed by atoms with E-state index >= 15 is 0 Å². The number of carbonyl (C=O) groups is 1. The second-order valence-electron chi connectivity index (χ2n) is 3.57. The topological polar surface area (TPSA) is 83.8 Å². The fourth-order valence-corrected chi connectivity index (χ4v) is 2.17. The zero-order chi connectivity index (χ0) is 12.1. The van der Waals surface area contributed by atoms with Gasteiger partial charge in [-0.1, -0.05) is 6.07 Å². The van der Waals surface area contributed by atoms with E-state index in [0.717, 1.165) is 10.7 Å². The van der Waals surface area contributed by atoms with Gasteiger partial charge in [-0.3, -0.25) is 4.79 Å². The van der Waals surface area contributed by atoms with E-state index in [1.165, 1.54) is 11.3 Å². The van der Waals surface area contributed by atoms with Crippen LogP contribution in [0.1, 0.15) is 16.7 Å². The molecule has 2 rings (SSSR count). The SMILES string of the molecule is NC(C(=O)NCCc1ncc[nH]1)c1cccs1. The number of thiophene rings is 1. The number of amides is 1. The average Bonchev–Trinajstić information content (AvgIpc) is 3.00. The van der Waals surface area contributed by atoms with Crippen LogP contribution < -0.4 is 11.1 Å². The lowest BCUT2D eigenvalue weighted by atomic mass is 10.2. The molecule has 90 valence electrons. The number of carbonyl (C=O) groups excluding carboxylic acids is 1. The molecule has 2 heterocycles. The van der Waals surface area contributed by atoms with Crippen LogP contribution in [0, 0.1) is 0 Å². The van der Waals surface area contributed by atoms with E-state index in [9.17, 15) is 4.79 Å². The number of rotatable bonds is 5. The van der Waals surface area contributed by atoms with Gasteiger partial charge in [0.2, 0.25) is 5.91 Å². The van der Waals surface area contributed by atoms with Crippen molar-refractivity contribution in [2.75, 3.05) is 6.54 Å². The summed E-state index contributed by atoms with van der Waals surface area (Å²) in [5.74, 6) is 0.703. The van der Waals surface area contributed by atoms with Gasteiger partial charge < -0.3 is 16.0 Å². The van der Waals surface area contributed by atoms with Crippen LogP contribution in [0.4, 0.5) is 0 Å². The molecule has 0 radical (unpaired) electrons. The van der Waals surface area contributed by atoms with E-state index in [4.69, 9.17) is 5.73 Å². The standard InChI is InChI=1S/C11H14N4OS/c12-10(8-2-1-7-17-8)11(16)15-4-3-9-13-5-6-14-9/h1-2,5-7,10H,3-4,12H2,(H,13,14)(H,15,16). The number of aromatic amines is 1. The smallest absolute Gasteiger partial charge is 0.242 e. The predicted octanol–water partition coefficient (Wildman–Crippen LogP) is 0.830. The molecule has 0 saturated carbocycles. The van der Waals surface area contributed by atoms with Gasteiger partial charge in [-0.05, 0) is 11.4 Å². The summed E-state index contributed by atoms with van der Waals surface area (Å²) in [6.07, 6.45) is 4.12. The number of nitrogens with one attached hydrogen (secondary N) is 2. The van der Waals surface area contributed by atoms with Gasteiger partial charge in [0, 0.05) is 30.2 Å².